The average molecular weight is 282 g/mol. The van der Waals surface area contributed by atoms with Gasteiger partial charge in [0, 0.05) is 29.6 Å². The molecule has 0 unspecified atom stereocenters. The van der Waals surface area contributed by atoms with Gasteiger partial charge in [-0.15, -0.1) is 0 Å². The molecule has 0 atom stereocenters. The first-order chi connectivity index (χ1) is 9.11. The van der Waals surface area contributed by atoms with Crippen LogP contribution < -0.4 is 0 Å². The number of carbonyl (C=O) groups is 2. The van der Waals surface area contributed by atoms with Crippen LogP contribution in [0.1, 0.15) is 23.2 Å². The van der Waals surface area contributed by atoms with Crippen molar-refractivity contribution in [1.29, 1.82) is 0 Å². The molecular weight excluding hydrogens is 266 g/mol. The maximum atomic E-state index is 12.3. The fourth-order valence-corrected chi connectivity index (χ4v) is 2.43. The van der Waals surface area contributed by atoms with Crippen molar-refractivity contribution in [3.05, 3.63) is 34.9 Å². The maximum absolute atomic E-state index is 12.3. The number of methoxy groups -OCH3 is 1. The summed E-state index contributed by atoms with van der Waals surface area (Å²) < 4.78 is 4.67. The van der Waals surface area contributed by atoms with Crippen molar-refractivity contribution in [2.45, 2.75) is 12.8 Å². The summed E-state index contributed by atoms with van der Waals surface area (Å²) in [7, 11) is 1.37. The first-order valence-corrected chi connectivity index (χ1v) is 6.62. The zero-order valence-corrected chi connectivity index (χ0v) is 11.5. The molecule has 2 rings (SSSR count). The van der Waals surface area contributed by atoms with Crippen molar-refractivity contribution >= 4 is 23.5 Å². The number of carbonyl (C=O) groups excluding carboxylic acids is 2. The van der Waals surface area contributed by atoms with Crippen LogP contribution in [0.4, 0.5) is 4.79 Å². The van der Waals surface area contributed by atoms with Gasteiger partial charge in [-0.2, -0.15) is 0 Å². The molecule has 0 radical (unpaired) electrons. The molecule has 1 aliphatic rings. The van der Waals surface area contributed by atoms with Crippen molar-refractivity contribution in [2.24, 2.45) is 5.92 Å². The van der Waals surface area contributed by atoms with E-state index in [2.05, 4.69) is 4.74 Å². The molecule has 0 spiro atoms. The number of Topliss-reactive ketones (excluding diaryl/α,β-unsaturated/α-hetero) is 1. The van der Waals surface area contributed by atoms with Gasteiger partial charge in [0.05, 0.1) is 7.11 Å². The molecule has 1 aliphatic heterocycles. The minimum atomic E-state index is -0.322. The van der Waals surface area contributed by atoms with E-state index in [1.54, 1.807) is 29.2 Å². The van der Waals surface area contributed by atoms with Crippen LogP contribution in [0.15, 0.2) is 24.3 Å². The SMILES string of the molecule is COC(=O)N1CCC(C(=O)c2ccc(Cl)cc2)CC1. The van der Waals surface area contributed by atoms with E-state index in [4.69, 9.17) is 11.6 Å². The summed E-state index contributed by atoms with van der Waals surface area (Å²) in [5.74, 6) is 0.100. The van der Waals surface area contributed by atoms with Crippen molar-refractivity contribution < 1.29 is 14.3 Å². The second-order valence-corrected chi connectivity index (χ2v) is 5.04. The van der Waals surface area contributed by atoms with E-state index in [1.165, 1.54) is 7.11 Å². The quantitative estimate of drug-likeness (QED) is 0.783. The summed E-state index contributed by atoms with van der Waals surface area (Å²) in [4.78, 5) is 25.3. The second-order valence-electron chi connectivity index (χ2n) is 4.60. The summed E-state index contributed by atoms with van der Waals surface area (Å²) >= 11 is 5.80. The Balaban J connectivity index is 1.96. The Labute approximate surface area is 117 Å². The van der Waals surface area contributed by atoms with Gasteiger partial charge < -0.3 is 9.64 Å². The lowest BCUT2D eigenvalue weighted by Gasteiger charge is -2.30. The summed E-state index contributed by atoms with van der Waals surface area (Å²) in [5.41, 5.74) is 0.681. The van der Waals surface area contributed by atoms with Gasteiger partial charge >= 0.3 is 6.09 Å². The molecule has 1 heterocycles. The lowest BCUT2D eigenvalue weighted by Crippen LogP contribution is -2.40. The number of halogens is 1. The number of ether oxygens (including phenoxy) is 1. The monoisotopic (exact) mass is 281 g/mol. The largest absolute Gasteiger partial charge is 0.453 e. The van der Waals surface area contributed by atoms with Gasteiger partial charge in [-0.05, 0) is 37.1 Å². The fraction of sp³-hybridized carbons (Fsp3) is 0.429. The third-order valence-corrected chi connectivity index (χ3v) is 3.68. The van der Waals surface area contributed by atoms with Crippen LogP contribution in [-0.2, 0) is 4.74 Å². The zero-order valence-electron chi connectivity index (χ0n) is 10.8. The third-order valence-electron chi connectivity index (χ3n) is 3.43. The molecule has 1 fully saturated rings. The fourth-order valence-electron chi connectivity index (χ4n) is 2.30. The third kappa shape index (κ3) is 3.26. The minimum Gasteiger partial charge on any atom is -0.453 e. The molecule has 1 aromatic carbocycles. The van der Waals surface area contributed by atoms with E-state index in [-0.39, 0.29) is 17.8 Å². The molecule has 4 nitrogen and oxygen atoms in total. The van der Waals surface area contributed by atoms with Gasteiger partial charge in [0.15, 0.2) is 5.78 Å². The molecule has 1 saturated heterocycles. The van der Waals surface area contributed by atoms with Gasteiger partial charge in [-0.1, -0.05) is 11.6 Å². The highest BCUT2D eigenvalue weighted by molar-refractivity contribution is 6.30. The van der Waals surface area contributed by atoms with E-state index >= 15 is 0 Å². The van der Waals surface area contributed by atoms with Gasteiger partial charge in [0.1, 0.15) is 0 Å². The van der Waals surface area contributed by atoms with E-state index in [0.29, 0.717) is 36.5 Å². The van der Waals surface area contributed by atoms with Crippen molar-refractivity contribution in [2.75, 3.05) is 20.2 Å². The van der Waals surface area contributed by atoms with Crippen molar-refractivity contribution in [3.63, 3.8) is 0 Å². The molecule has 1 aromatic rings. The van der Waals surface area contributed by atoms with Crippen LogP contribution in [0.5, 0.6) is 0 Å². The molecule has 1 amide bonds. The summed E-state index contributed by atoms with van der Waals surface area (Å²) in [6, 6.07) is 6.94. The predicted octanol–water partition coefficient (Wildman–Crippen LogP) is 3.00. The minimum absolute atomic E-state index is 0.0259. The molecule has 0 aromatic heterocycles. The Morgan fingerprint density at radius 3 is 2.32 bits per heavy atom. The molecule has 19 heavy (non-hydrogen) atoms. The number of likely N-dealkylation sites (tertiary alicyclic amines) is 1. The van der Waals surface area contributed by atoms with Crippen molar-refractivity contribution in [1.82, 2.24) is 4.90 Å². The lowest BCUT2D eigenvalue weighted by molar-refractivity contribution is 0.0793. The molecule has 5 heteroatoms. The Morgan fingerprint density at radius 1 is 1.21 bits per heavy atom. The summed E-state index contributed by atoms with van der Waals surface area (Å²) in [5, 5.41) is 0.622. The van der Waals surface area contributed by atoms with Crippen LogP contribution >= 0.6 is 11.6 Å². The highest BCUT2D eigenvalue weighted by Crippen LogP contribution is 2.23. The van der Waals surface area contributed by atoms with Gasteiger partial charge in [0.2, 0.25) is 0 Å². The number of rotatable bonds is 2. The highest BCUT2D eigenvalue weighted by atomic mass is 35.5. The van der Waals surface area contributed by atoms with Gasteiger partial charge in [0.25, 0.3) is 0 Å². The average Bonchev–Trinajstić information content (AvgIpc) is 2.46. The summed E-state index contributed by atoms with van der Waals surface area (Å²) in [6.45, 7) is 1.13. The number of amides is 1. The molecule has 0 N–H and O–H groups in total. The molecule has 0 saturated carbocycles. The predicted molar refractivity (Wildman–Crippen MR) is 72.5 cm³/mol. The van der Waals surface area contributed by atoms with E-state index < -0.39 is 0 Å². The molecule has 102 valence electrons. The maximum Gasteiger partial charge on any atom is 0.409 e. The molecular formula is C14H16ClNO3. The normalized spacial score (nSPS) is 16.2. The van der Waals surface area contributed by atoms with Crippen LogP contribution in [-0.4, -0.2) is 37.0 Å². The summed E-state index contributed by atoms with van der Waals surface area (Å²) in [6.07, 6.45) is 1.03. The number of nitrogens with zero attached hydrogens (tertiary/aromatic N) is 1. The van der Waals surface area contributed by atoms with Crippen LogP contribution in [0.3, 0.4) is 0 Å². The molecule has 0 bridgehead atoms. The van der Waals surface area contributed by atoms with E-state index in [0.717, 1.165) is 0 Å². The van der Waals surface area contributed by atoms with E-state index in [9.17, 15) is 9.59 Å². The number of piperidine rings is 1. The topological polar surface area (TPSA) is 46.6 Å². The first-order valence-electron chi connectivity index (χ1n) is 6.24. The van der Waals surface area contributed by atoms with Crippen LogP contribution in [0.2, 0.25) is 5.02 Å². The number of benzene rings is 1. The van der Waals surface area contributed by atoms with Gasteiger partial charge in [-0.25, -0.2) is 4.79 Å². The van der Waals surface area contributed by atoms with Gasteiger partial charge in [-0.3, -0.25) is 4.79 Å². The number of hydrogen-bond donors (Lipinski definition) is 0. The van der Waals surface area contributed by atoms with Crippen LogP contribution in [0, 0.1) is 5.92 Å². The van der Waals surface area contributed by atoms with Crippen LogP contribution in [0.25, 0.3) is 0 Å². The van der Waals surface area contributed by atoms with E-state index in [1.807, 2.05) is 0 Å². The number of ketones is 1. The molecule has 0 aliphatic carbocycles. The number of hydrogen-bond acceptors (Lipinski definition) is 3. The second kappa shape index (κ2) is 6.06. The smallest absolute Gasteiger partial charge is 0.409 e. The Morgan fingerprint density at radius 2 is 1.79 bits per heavy atom. The Kier molecular flexibility index (Phi) is 4.43. The van der Waals surface area contributed by atoms with Crippen molar-refractivity contribution in [3.8, 4) is 0 Å². The lowest BCUT2D eigenvalue weighted by atomic mass is 9.89. The Bertz CT molecular complexity index is 464. The highest BCUT2D eigenvalue weighted by Gasteiger charge is 2.28. The first kappa shape index (κ1) is 13.9. The Hall–Kier alpha value is -1.55. The standard InChI is InChI=1S/C14H16ClNO3/c1-19-14(18)16-8-6-11(7-9-16)13(17)10-2-4-12(15)5-3-10/h2-5,11H,6-9H2,1H3. The zero-order chi connectivity index (χ0) is 13.8.